The van der Waals surface area contributed by atoms with Crippen LogP contribution in [0.3, 0.4) is 0 Å². The Bertz CT molecular complexity index is 394. The maximum absolute atomic E-state index is 12.0. The molecule has 19 heavy (non-hydrogen) atoms. The highest BCUT2D eigenvalue weighted by molar-refractivity contribution is 5.89. The molecule has 2 rings (SSSR count). The van der Waals surface area contributed by atoms with Gasteiger partial charge in [0.25, 0.3) is 0 Å². The van der Waals surface area contributed by atoms with Gasteiger partial charge in [0.2, 0.25) is 0 Å². The summed E-state index contributed by atoms with van der Waals surface area (Å²) in [5.74, 6) is 0. The first-order valence-electron chi connectivity index (χ1n) is 7.44. The van der Waals surface area contributed by atoms with Gasteiger partial charge in [-0.1, -0.05) is 25.5 Å². The maximum Gasteiger partial charge on any atom is 0.321 e. The molecule has 3 heteroatoms. The van der Waals surface area contributed by atoms with Crippen molar-refractivity contribution >= 4 is 11.7 Å². The van der Waals surface area contributed by atoms with Crippen molar-refractivity contribution in [3.8, 4) is 0 Å². The SMILES string of the molecule is CCCCc1ccc(NC(=O)N2CCCCC2)cc1. The van der Waals surface area contributed by atoms with E-state index in [9.17, 15) is 4.79 Å². The average Bonchev–Trinajstić information content (AvgIpc) is 2.47. The molecule has 3 nitrogen and oxygen atoms in total. The normalized spacial score (nSPS) is 15.3. The van der Waals surface area contributed by atoms with Gasteiger partial charge in [0.05, 0.1) is 0 Å². The number of anilines is 1. The Labute approximate surface area is 116 Å². The second-order valence-electron chi connectivity index (χ2n) is 5.28. The number of nitrogens with one attached hydrogen (secondary N) is 1. The van der Waals surface area contributed by atoms with Crippen LogP contribution in [0, 0.1) is 0 Å². The van der Waals surface area contributed by atoms with E-state index in [0.29, 0.717) is 0 Å². The first kappa shape index (κ1) is 13.9. The van der Waals surface area contributed by atoms with E-state index in [1.165, 1.54) is 24.8 Å². The largest absolute Gasteiger partial charge is 0.325 e. The summed E-state index contributed by atoms with van der Waals surface area (Å²) in [6.45, 7) is 3.98. The molecule has 1 aliphatic rings. The molecule has 1 aromatic carbocycles. The minimum Gasteiger partial charge on any atom is -0.325 e. The van der Waals surface area contributed by atoms with Gasteiger partial charge in [-0.15, -0.1) is 0 Å². The molecule has 1 heterocycles. The fourth-order valence-electron chi connectivity index (χ4n) is 2.44. The van der Waals surface area contributed by atoms with Gasteiger partial charge in [-0.3, -0.25) is 0 Å². The number of likely N-dealkylation sites (tertiary alicyclic amines) is 1. The quantitative estimate of drug-likeness (QED) is 0.870. The third-order valence-corrected chi connectivity index (χ3v) is 3.67. The van der Waals surface area contributed by atoms with Crippen LogP contribution in [0.25, 0.3) is 0 Å². The second-order valence-corrected chi connectivity index (χ2v) is 5.28. The van der Waals surface area contributed by atoms with E-state index < -0.39 is 0 Å². The topological polar surface area (TPSA) is 32.3 Å². The van der Waals surface area contributed by atoms with E-state index in [2.05, 4.69) is 24.4 Å². The van der Waals surface area contributed by atoms with Crippen LogP contribution < -0.4 is 5.32 Å². The van der Waals surface area contributed by atoms with Crippen molar-refractivity contribution in [2.45, 2.75) is 45.4 Å². The number of hydrogen-bond acceptors (Lipinski definition) is 1. The third-order valence-electron chi connectivity index (χ3n) is 3.67. The molecule has 0 spiro atoms. The summed E-state index contributed by atoms with van der Waals surface area (Å²) < 4.78 is 0. The fourth-order valence-corrected chi connectivity index (χ4v) is 2.44. The van der Waals surface area contributed by atoms with E-state index in [4.69, 9.17) is 0 Å². The minimum absolute atomic E-state index is 0.0426. The van der Waals surface area contributed by atoms with Crippen molar-refractivity contribution in [1.29, 1.82) is 0 Å². The van der Waals surface area contributed by atoms with E-state index in [1.807, 2.05) is 17.0 Å². The highest BCUT2D eigenvalue weighted by Gasteiger charge is 2.15. The van der Waals surface area contributed by atoms with Gasteiger partial charge < -0.3 is 10.2 Å². The van der Waals surface area contributed by atoms with Crippen LogP contribution in [0.15, 0.2) is 24.3 Å². The molecule has 0 atom stereocenters. The average molecular weight is 260 g/mol. The Morgan fingerprint density at radius 2 is 1.84 bits per heavy atom. The van der Waals surface area contributed by atoms with Crippen molar-refractivity contribution in [1.82, 2.24) is 4.90 Å². The summed E-state index contributed by atoms with van der Waals surface area (Å²) >= 11 is 0. The lowest BCUT2D eigenvalue weighted by molar-refractivity contribution is 0.200. The molecule has 0 radical (unpaired) electrons. The Hall–Kier alpha value is -1.51. The Balaban J connectivity index is 1.86. The first-order valence-corrected chi connectivity index (χ1v) is 7.44. The smallest absolute Gasteiger partial charge is 0.321 e. The summed E-state index contributed by atoms with van der Waals surface area (Å²) in [6, 6.07) is 8.28. The molecular weight excluding hydrogens is 236 g/mol. The third kappa shape index (κ3) is 4.27. The molecule has 104 valence electrons. The number of carbonyl (C=O) groups excluding carboxylic acids is 1. The molecule has 0 bridgehead atoms. The van der Waals surface area contributed by atoms with E-state index in [-0.39, 0.29) is 6.03 Å². The van der Waals surface area contributed by atoms with Gasteiger partial charge in [0, 0.05) is 18.8 Å². The molecule has 0 aromatic heterocycles. The van der Waals surface area contributed by atoms with Crippen molar-refractivity contribution in [3.05, 3.63) is 29.8 Å². The summed E-state index contributed by atoms with van der Waals surface area (Å²) in [7, 11) is 0. The molecule has 1 aromatic rings. The lowest BCUT2D eigenvalue weighted by Gasteiger charge is -2.26. The molecule has 1 saturated heterocycles. The summed E-state index contributed by atoms with van der Waals surface area (Å²) in [5, 5.41) is 2.98. The van der Waals surface area contributed by atoms with Gasteiger partial charge in [-0.05, 0) is 49.8 Å². The van der Waals surface area contributed by atoms with Gasteiger partial charge >= 0.3 is 6.03 Å². The molecular formula is C16H24N2O. The highest BCUT2D eigenvalue weighted by Crippen LogP contribution is 2.14. The predicted octanol–water partition coefficient (Wildman–Crippen LogP) is 4.05. The number of benzene rings is 1. The molecule has 1 fully saturated rings. The number of nitrogens with zero attached hydrogens (tertiary/aromatic N) is 1. The van der Waals surface area contributed by atoms with Crippen molar-refractivity contribution in [2.24, 2.45) is 0 Å². The minimum atomic E-state index is 0.0426. The molecule has 0 unspecified atom stereocenters. The van der Waals surface area contributed by atoms with Gasteiger partial charge in [0.1, 0.15) is 0 Å². The number of urea groups is 1. The van der Waals surface area contributed by atoms with Crippen molar-refractivity contribution in [2.75, 3.05) is 18.4 Å². The van der Waals surface area contributed by atoms with Crippen LogP contribution >= 0.6 is 0 Å². The predicted molar refractivity (Wildman–Crippen MR) is 79.5 cm³/mol. The van der Waals surface area contributed by atoms with Crippen LogP contribution in [-0.2, 0) is 6.42 Å². The lowest BCUT2D eigenvalue weighted by Crippen LogP contribution is -2.38. The number of hydrogen-bond donors (Lipinski definition) is 1. The maximum atomic E-state index is 12.0. The second kappa shape index (κ2) is 7.17. The van der Waals surface area contributed by atoms with E-state index in [0.717, 1.165) is 38.0 Å². The molecule has 0 aliphatic carbocycles. The van der Waals surface area contributed by atoms with E-state index in [1.54, 1.807) is 0 Å². The Kier molecular flexibility index (Phi) is 5.25. The van der Waals surface area contributed by atoms with Crippen LogP contribution in [0.4, 0.5) is 10.5 Å². The zero-order valence-corrected chi connectivity index (χ0v) is 11.8. The van der Waals surface area contributed by atoms with Crippen molar-refractivity contribution in [3.63, 3.8) is 0 Å². The van der Waals surface area contributed by atoms with Crippen molar-refractivity contribution < 1.29 is 4.79 Å². The molecule has 2 amide bonds. The van der Waals surface area contributed by atoms with Crippen LogP contribution in [0.5, 0.6) is 0 Å². The van der Waals surface area contributed by atoms with Crippen LogP contribution in [0.2, 0.25) is 0 Å². The van der Waals surface area contributed by atoms with Gasteiger partial charge in [-0.2, -0.15) is 0 Å². The monoisotopic (exact) mass is 260 g/mol. The summed E-state index contributed by atoms with van der Waals surface area (Å²) in [4.78, 5) is 14.0. The number of piperidine rings is 1. The Morgan fingerprint density at radius 1 is 1.16 bits per heavy atom. The number of carbonyl (C=O) groups is 1. The summed E-state index contributed by atoms with van der Waals surface area (Å²) in [6.07, 6.45) is 7.06. The first-order chi connectivity index (χ1) is 9.29. The standard InChI is InChI=1S/C16H24N2O/c1-2-3-7-14-8-10-15(11-9-14)17-16(19)18-12-5-4-6-13-18/h8-11H,2-7,12-13H2,1H3,(H,17,19). The molecule has 1 aliphatic heterocycles. The number of rotatable bonds is 4. The Morgan fingerprint density at radius 3 is 2.47 bits per heavy atom. The zero-order valence-electron chi connectivity index (χ0n) is 11.8. The van der Waals surface area contributed by atoms with Crippen LogP contribution in [0.1, 0.15) is 44.6 Å². The number of aryl methyl sites for hydroxylation is 1. The lowest BCUT2D eigenvalue weighted by atomic mass is 10.1. The molecule has 0 saturated carbocycles. The zero-order chi connectivity index (χ0) is 13.5. The van der Waals surface area contributed by atoms with Gasteiger partial charge in [-0.25, -0.2) is 4.79 Å². The van der Waals surface area contributed by atoms with E-state index >= 15 is 0 Å². The number of amides is 2. The molecule has 1 N–H and O–H groups in total. The van der Waals surface area contributed by atoms with Gasteiger partial charge in [0.15, 0.2) is 0 Å². The van der Waals surface area contributed by atoms with Crippen LogP contribution in [-0.4, -0.2) is 24.0 Å². The fraction of sp³-hybridized carbons (Fsp3) is 0.562. The highest BCUT2D eigenvalue weighted by atomic mass is 16.2. The number of unbranched alkanes of at least 4 members (excludes halogenated alkanes) is 1. The summed E-state index contributed by atoms with van der Waals surface area (Å²) in [5.41, 5.74) is 2.24.